The standard InChI is InChI=1S/C68H109FN11O25P3Si/c1-67(2,3)109(69,68(4,5)6)51-19-14-45(15-20-51)61(92)72-40-54(80-41-48(75-76-80)39-71-56(84)25-35-107(102,103)43-78-30-28-77(42-106-34-24-59(88)89)29-31-79(33-32-78)44-108(104,105)36-26-60(90)91)62(93)74-53(66(100)101)13-9-10-27-70-55(83)22-18-49(81)11-7-8-12-52(65(98)99)73-57(85)21-16-46(63(94)95)37-50(82)38-47(64(96)97)17-23-58(86)87/h14-15,19-20,41,46-47,52-54,106H,7-13,16-18,21-40,42-44H2,1-6H3,(H,70,83)(H,71,84)(H,72,92)(H,73,85)(H,74,93)(H,86,87)(H,88,89)(H,90,91)(H,94,95)(H,96,97)(H,98,99)(H,100,101)(H,102,103)(H,104,105)/t46-,47-,52+,53-,54-/m1/s1. The van der Waals surface area contributed by atoms with Crippen LogP contribution in [0.15, 0.2) is 30.5 Å². The molecule has 0 spiro atoms. The lowest BCUT2D eigenvalue weighted by Crippen LogP contribution is -2.57. The molecular formula is C68H109FN11O25P3Si. The molecule has 1 saturated heterocycles. The van der Waals surface area contributed by atoms with Crippen molar-refractivity contribution < 1.29 is 126 Å². The number of unbranched alkanes of at least 4 members (excludes halogenated alkanes) is 2. The van der Waals surface area contributed by atoms with Crippen LogP contribution >= 0.6 is 23.3 Å². The van der Waals surface area contributed by atoms with E-state index < -0.39 is 204 Å². The maximum absolute atomic E-state index is 17.2. The number of aliphatic carboxylic acids is 7. The van der Waals surface area contributed by atoms with Crippen LogP contribution in [0.5, 0.6) is 0 Å². The quantitative estimate of drug-likeness (QED) is 0.0194. The van der Waals surface area contributed by atoms with E-state index in [4.69, 9.17) is 15.3 Å². The molecule has 41 heteroatoms. The second-order valence-corrected chi connectivity index (χ2v) is 40.4. The zero-order valence-corrected chi connectivity index (χ0v) is 66.4. The average molecular weight is 1620 g/mol. The zero-order chi connectivity index (χ0) is 82.0. The van der Waals surface area contributed by atoms with Gasteiger partial charge in [0.15, 0.2) is 0 Å². The number of nitrogens with zero attached hydrogens (tertiary/aromatic N) is 6. The van der Waals surface area contributed by atoms with Gasteiger partial charge in [-0.2, -0.15) is 0 Å². The number of carbonyl (C=O) groups is 14. The maximum atomic E-state index is 17.2. The highest BCUT2D eigenvalue weighted by Crippen LogP contribution is 2.51. The highest BCUT2D eigenvalue weighted by molar-refractivity contribution is 7.58. The highest BCUT2D eigenvalue weighted by Gasteiger charge is 2.56. The summed E-state index contributed by atoms with van der Waals surface area (Å²) in [7, 11) is -11.5. The Labute approximate surface area is 634 Å². The Balaban J connectivity index is 1.62. The third-order valence-corrected chi connectivity index (χ3v) is 28.4. The van der Waals surface area contributed by atoms with Crippen molar-refractivity contribution in [3.05, 3.63) is 41.7 Å². The summed E-state index contributed by atoms with van der Waals surface area (Å²) >= 11 is 0. The topological polar surface area (TPSA) is 556 Å². The van der Waals surface area contributed by atoms with Crippen molar-refractivity contribution >= 4 is 120 Å². The van der Waals surface area contributed by atoms with Crippen LogP contribution in [0.4, 0.5) is 4.11 Å². The van der Waals surface area contributed by atoms with E-state index in [1.165, 1.54) is 18.3 Å². The van der Waals surface area contributed by atoms with E-state index in [2.05, 4.69) is 36.9 Å². The summed E-state index contributed by atoms with van der Waals surface area (Å²) < 4.78 is 45.0. The van der Waals surface area contributed by atoms with Crippen molar-refractivity contribution in [3.63, 3.8) is 0 Å². The van der Waals surface area contributed by atoms with Crippen LogP contribution in [0.25, 0.3) is 0 Å². The second kappa shape index (κ2) is 46.1. The summed E-state index contributed by atoms with van der Waals surface area (Å²) in [6, 6.07) is 1.62. The van der Waals surface area contributed by atoms with E-state index in [9.17, 15) is 106 Å². The van der Waals surface area contributed by atoms with Gasteiger partial charge in [-0.1, -0.05) is 65.3 Å². The van der Waals surface area contributed by atoms with Gasteiger partial charge in [0.05, 0.1) is 43.6 Å². The number of amides is 5. The van der Waals surface area contributed by atoms with E-state index in [1.54, 1.807) is 21.9 Å². The predicted octanol–water partition coefficient (Wildman–Crippen LogP) is 3.67. The third kappa shape index (κ3) is 36.3. The molecule has 0 radical (unpaired) electrons. The molecule has 3 unspecified atom stereocenters. The highest BCUT2D eigenvalue weighted by atomic mass is 31.2. The summed E-state index contributed by atoms with van der Waals surface area (Å²) in [6.45, 7) is 12.0. The fourth-order valence-electron chi connectivity index (χ4n) is 12.4. The molecule has 8 atom stereocenters. The molecule has 2 heterocycles. The normalized spacial score (nSPS) is 16.1. The fraction of sp³-hybridized carbons (Fsp3) is 0.676. The first-order chi connectivity index (χ1) is 50.8. The van der Waals surface area contributed by atoms with Crippen LogP contribution in [0.2, 0.25) is 10.1 Å². The molecule has 0 saturated carbocycles. The van der Waals surface area contributed by atoms with E-state index in [-0.39, 0.29) is 135 Å². The average Bonchev–Trinajstić information content (AvgIpc) is 0.940. The minimum Gasteiger partial charge on any atom is -0.481 e. The van der Waals surface area contributed by atoms with Gasteiger partial charge in [0.2, 0.25) is 38.4 Å². The molecule has 3 rings (SSSR count). The number of hydrogen-bond acceptors (Lipinski definition) is 21. The Hall–Kier alpha value is -7.82. The number of halogens is 1. The van der Waals surface area contributed by atoms with E-state index >= 15 is 4.11 Å². The first-order valence-corrected chi connectivity index (χ1v) is 43.4. The SMILES string of the molecule is CC(C)(C)[Si](F)(c1ccc(C(=O)NC[C@H](C(=O)N[C@H](CCCCNC(=O)CCC(=O)CCCC[C@H](NC(=O)CC[C@H](CC(=O)C[C@@H](CCC(=O)O)C(=O)O)C(=O)O)C(=O)O)C(=O)O)n2cc(CNC(=O)CCP(=O)(O)CN3CCN(CPCCC(=O)O)CCN(CP(=O)(O)CCC(=O)O)CC3)nn2)cc1)C(C)(C)C. The number of benzene rings is 1. The monoisotopic (exact) mass is 1620 g/mol. The Kier molecular flexibility index (Phi) is 40.4. The van der Waals surface area contributed by atoms with Gasteiger partial charge >= 0.3 is 41.8 Å². The smallest absolute Gasteiger partial charge is 0.326 e. The van der Waals surface area contributed by atoms with Crippen LogP contribution in [-0.4, -0.2) is 268 Å². The number of nitrogens with one attached hydrogen (secondary N) is 5. The van der Waals surface area contributed by atoms with Crippen LogP contribution in [0, 0.1) is 11.8 Å². The van der Waals surface area contributed by atoms with Crippen molar-refractivity contribution in [2.75, 3.05) is 89.7 Å². The first-order valence-electron chi connectivity index (χ1n) is 36.0. The van der Waals surface area contributed by atoms with Gasteiger partial charge in [-0.15, -0.1) is 13.7 Å². The van der Waals surface area contributed by atoms with E-state index in [0.717, 1.165) is 4.68 Å². The Morgan fingerprint density at radius 2 is 1.04 bits per heavy atom. The van der Waals surface area contributed by atoms with Gasteiger partial charge in [-0.25, -0.2) is 14.3 Å². The summed E-state index contributed by atoms with van der Waals surface area (Å²) in [4.78, 5) is 200. The number of rotatable bonds is 52. The minimum absolute atomic E-state index is 0.0286. The van der Waals surface area contributed by atoms with E-state index in [0.29, 0.717) is 43.8 Å². The number of carboxylic acids is 7. The lowest BCUT2D eigenvalue weighted by molar-refractivity contribution is -0.146. The third-order valence-electron chi connectivity index (χ3n) is 18.4. The lowest BCUT2D eigenvalue weighted by atomic mass is 9.90. The number of carboxylic acid groups (broad SMARTS) is 7. The summed E-state index contributed by atoms with van der Waals surface area (Å²) in [5.74, 6) is -16.7. The lowest BCUT2D eigenvalue weighted by Gasteiger charge is -2.44. The largest absolute Gasteiger partial charge is 0.481 e. The van der Waals surface area contributed by atoms with Crippen molar-refractivity contribution in [1.82, 2.24) is 56.3 Å². The van der Waals surface area contributed by atoms with Gasteiger partial charge in [0.25, 0.3) is 14.3 Å². The molecule has 0 bridgehead atoms. The van der Waals surface area contributed by atoms with Crippen LogP contribution in [0.3, 0.4) is 0 Å². The van der Waals surface area contributed by atoms with Crippen LogP contribution in [0.1, 0.15) is 179 Å². The molecule has 109 heavy (non-hydrogen) atoms. The van der Waals surface area contributed by atoms with Gasteiger partial charge < -0.3 is 76.2 Å². The molecule has 1 aliphatic heterocycles. The molecule has 612 valence electrons. The van der Waals surface area contributed by atoms with Gasteiger partial charge in [-0.3, -0.25) is 81.4 Å². The van der Waals surface area contributed by atoms with Crippen molar-refractivity contribution in [1.29, 1.82) is 0 Å². The number of aromatic nitrogens is 3. The molecule has 1 aromatic carbocycles. The molecule has 1 fully saturated rings. The molecule has 14 N–H and O–H groups in total. The Morgan fingerprint density at radius 1 is 0.541 bits per heavy atom. The van der Waals surface area contributed by atoms with Crippen LogP contribution < -0.4 is 31.8 Å². The molecule has 36 nitrogen and oxygen atoms in total. The predicted molar refractivity (Wildman–Crippen MR) is 398 cm³/mol. The van der Waals surface area contributed by atoms with Crippen molar-refractivity contribution in [2.24, 2.45) is 11.8 Å². The number of carbonyl (C=O) groups excluding carboxylic acids is 7. The van der Waals surface area contributed by atoms with Crippen molar-refractivity contribution in [2.45, 2.75) is 192 Å². The van der Waals surface area contributed by atoms with Gasteiger partial charge in [0.1, 0.15) is 35.4 Å². The summed E-state index contributed by atoms with van der Waals surface area (Å²) in [5.41, 5.74) is 0.181. The Morgan fingerprint density at radius 3 is 1.55 bits per heavy atom. The molecule has 0 aliphatic carbocycles. The molecule has 1 aromatic heterocycles. The number of hydrogen-bond donors (Lipinski definition) is 14. The first kappa shape index (κ1) is 95.4. The van der Waals surface area contributed by atoms with Crippen LogP contribution in [-0.2, 0) is 78.0 Å². The molecule has 2 aromatic rings. The van der Waals surface area contributed by atoms with E-state index in [1.807, 2.05) is 46.4 Å². The molecule has 5 amide bonds. The Bertz CT molecular complexity index is 3550. The van der Waals surface area contributed by atoms with Gasteiger partial charge in [0, 0.05) is 134 Å². The number of ketones is 2. The number of Topliss-reactive ketones (excluding diaryl/α,β-unsaturated/α-hetero) is 2. The summed E-state index contributed by atoms with van der Waals surface area (Å²) in [6.07, 6.45) is -3.46. The molecular weight excluding hydrogens is 1510 g/mol. The summed E-state index contributed by atoms with van der Waals surface area (Å²) in [5, 5.41) is 85.8. The zero-order valence-electron chi connectivity index (χ0n) is 62.6. The van der Waals surface area contributed by atoms with Gasteiger partial charge in [-0.05, 0) is 78.5 Å². The molecule has 1 aliphatic rings. The second-order valence-electron chi connectivity index (χ2n) is 29.4. The minimum atomic E-state index is -4.08. The maximum Gasteiger partial charge on any atom is 0.326 e. The van der Waals surface area contributed by atoms with Crippen molar-refractivity contribution in [3.8, 4) is 0 Å². The fourth-order valence-corrected chi connectivity index (χ4v) is 21.4.